The highest BCUT2D eigenvalue weighted by Crippen LogP contribution is 2.65. The molecule has 48 heavy (non-hydrogen) atoms. The standard InChI is InChI=1S/C39H50N4O3S2/c1-4-7-30-9-11-33(47-30)34-12-13-35(48-34)36(46)31-10-8-27(22-39(31)17-16-38(24-39)14-5-6-15-38)32(43-37(40)41-3)20-26-18-28(21-29(45)19-26)42-23-25(2)44/h9,11-13,18-19,21,25,27,31-32,42,44-45H,5-6,8,10,14-17,20,22-24H2,1-3H3,(H3,40,41,43). The number of anilines is 1. The lowest BCUT2D eigenvalue weighted by atomic mass is 9.58. The summed E-state index contributed by atoms with van der Waals surface area (Å²) in [5, 5.41) is 27.1. The van der Waals surface area contributed by atoms with Crippen LogP contribution in [-0.2, 0) is 6.42 Å². The molecule has 256 valence electrons. The summed E-state index contributed by atoms with van der Waals surface area (Å²) in [6.45, 7) is 3.99. The number of guanidine groups is 1. The number of phenols is 1. The number of nitrogens with two attached hydrogens (primary N) is 1. The summed E-state index contributed by atoms with van der Waals surface area (Å²) < 4.78 is 0. The number of hydrogen-bond donors (Lipinski definition) is 5. The number of aliphatic hydroxyl groups excluding tert-OH is 1. The van der Waals surface area contributed by atoms with Gasteiger partial charge in [0.1, 0.15) is 5.75 Å². The maximum Gasteiger partial charge on any atom is 0.188 e. The molecule has 0 bridgehead atoms. The molecule has 0 aliphatic heterocycles. The van der Waals surface area contributed by atoms with Crippen LogP contribution in [0.5, 0.6) is 5.75 Å². The Morgan fingerprint density at radius 1 is 1.08 bits per heavy atom. The third kappa shape index (κ3) is 7.61. The van der Waals surface area contributed by atoms with Gasteiger partial charge in [-0.05, 0) is 130 Å². The number of carbonyl (C=O) groups excluding carboxylic acids is 1. The number of nitrogens with zero attached hydrogens (tertiary/aromatic N) is 1. The first-order valence-electron chi connectivity index (χ1n) is 17.5. The topological polar surface area (TPSA) is 120 Å². The number of thiophene rings is 2. The van der Waals surface area contributed by atoms with E-state index >= 15 is 0 Å². The number of Topliss-reactive ketones (excluding diaryl/α,β-unsaturated/α-hetero) is 1. The molecule has 3 fully saturated rings. The predicted octanol–water partition coefficient (Wildman–Crippen LogP) is 7.82. The van der Waals surface area contributed by atoms with Crippen molar-refractivity contribution < 1.29 is 15.0 Å². The zero-order chi connectivity index (χ0) is 33.9. The van der Waals surface area contributed by atoms with Crippen LogP contribution < -0.4 is 16.4 Å². The SMILES string of the molecule is CC#Cc1ccc(-c2ccc(C(=O)C3CCC(C(Cc4cc(O)cc(NCC(C)O)c4)NC(N)=NC)CC34CCC3(CCCC3)C4)s2)s1. The maximum absolute atomic E-state index is 14.6. The highest BCUT2D eigenvalue weighted by Gasteiger charge is 2.57. The van der Waals surface area contributed by atoms with Gasteiger partial charge in [0.15, 0.2) is 11.7 Å². The van der Waals surface area contributed by atoms with E-state index in [-0.39, 0.29) is 23.1 Å². The van der Waals surface area contributed by atoms with Gasteiger partial charge in [-0.1, -0.05) is 18.8 Å². The predicted molar refractivity (Wildman–Crippen MR) is 199 cm³/mol. The van der Waals surface area contributed by atoms with E-state index in [1.165, 1.54) is 37.0 Å². The van der Waals surface area contributed by atoms with Crippen LogP contribution >= 0.6 is 22.7 Å². The Balaban J connectivity index is 1.27. The van der Waals surface area contributed by atoms with Gasteiger partial charge in [0.2, 0.25) is 0 Å². The molecule has 5 atom stereocenters. The number of ketones is 1. The lowest BCUT2D eigenvalue weighted by molar-refractivity contribution is 0.0339. The van der Waals surface area contributed by atoms with Gasteiger partial charge in [0, 0.05) is 47.1 Å². The minimum Gasteiger partial charge on any atom is -0.508 e. The van der Waals surface area contributed by atoms with Crippen LogP contribution in [0, 0.1) is 34.5 Å². The molecule has 3 aromatic rings. The molecule has 6 N–H and O–H groups in total. The number of nitrogens with one attached hydrogen (secondary N) is 2. The number of benzene rings is 1. The Bertz CT molecular complexity index is 1690. The van der Waals surface area contributed by atoms with Crippen LogP contribution in [-0.4, -0.2) is 47.7 Å². The fourth-order valence-electron chi connectivity index (χ4n) is 9.11. The van der Waals surface area contributed by atoms with Gasteiger partial charge in [-0.3, -0.25) is 9.79 Å². The van der Waals surface area contributed by atoms with Crippen molar-refractivity contribution in [2.24, 2.45) is 33.4 Å². The van der Waals surface area contributed by atoms with Crippen molar-refractivity contribution >= 4 is 40.1 Å². The molecule has 0 saturated heterocycles. The number of phenolic OH excluding ortho intramolecular Hbond substituents is 1. The van der Waals surface area contributed by atoms with Crippen molar-refractivity contribution in [3.63, 3.8) is 0 Å². The monoisotopic (exact) mass is 686 g/mol. The largest absolute Gasteiger partial charge is 0.508 e. The van der Waals surface area contributed by atoms with Crippen LogP contribution in [0.4, 0.5) is 5.69 Å². The van der Waals surface area contributed by atoms with Crippen LogP contribution in [0.3, 0.4) is 0 Å². The van der Waals surface area contributed by atoms with Gasteiger partial charge in [-0.25, -0.2) is 0 Å². The third-order valence-electron chi connectivity index (χ3n) is 11.2. The molecule has 6 rings (SSSR count). The van der Waals surface area contributed by atoms with E-state index in [1.807, 2.05) is 19.1 Å². The van der Waals surface area contributed by atoms with Gasteiger partial charge < -0.3 is 26.6 Å². The Morgan fingerprint density at radius 2 is 1.85 bits per heavy atom. The van der Waals surface area contributed by atoms with Crippen LogP contribution in [0.15, 0.2) is 47.5 Å². The fourth-order valence-corrected chi connectivity index (χ4v) is 11.1. The quantitative estimate of drug-likeness (QED) is 0.0642. The number of hydrogen-bond acceptors (Lipinski definition) is 7. The average Bonchev–Trinajstić information content (AvgIpc) is 3.88. The average molecular weight is 687 g/mol. The summed E-state index contributed by atoms with van der Waals surface area (Å²) in [5.41, 5.74) is 8.42. The third-order valence-corrected chi connectivity index (χ3v) is 13.5. The van der Waals surface area contributed by atoms with Crippen molar-refractivity contribution in [1.82, 2.24) is 5.32 Å². The van der Waals surface area contributed by atoms with E-state index in [0.29, 0.717) is 36.0 Å². The molecule has 7 nitrogen and oxygen atoms in total. The number of aliphatic hydroxyl groups is 1. The highest BCUT2D eigenvalue weighted by molar-refractivity contribution is 7.23. The first-order valence-corrected chi connectivity index (χ1v) is 19.1. The Morgan fingerprint density at radius 3 is 2.60 bits per heavy atom. The van der Waals surface area contributed by atoms with Crippen molar-refractivity contribution in [2.45, 2.75) is 96.6 Å². The molecule has 0 radical (unpaired) electrons. The van der Waals surface area contributed by atoms with Gasteiger partial charge in [-0.15, -0.1) is 28.6 Å². The first kappa shape index (κ1) is 34.5. The van der Waals surface area contributed by atoms with Gasteiger partial charge >= 0.3 is 0 Å². The molecule has 1 aromatic carbocycles. The molecule has 9 heteroatoms. The van der Waals surface area contributed by atoms with Gasteiger partial charge in [0.25, 0.3) is 0 Å². The number of carbonyl (C=O) groups is 1. The number of aliphatic imine (C=N–C) groups is 1. The van der Waals surface area contributed by atoms with Crippen molar-refractivity contribution in [3.8, 4) is 27.3 Å². The Labute approximate surface area is 293 Å². The lowest BCUT2D eigenvalue weighted by Gasteiger charge is -2.47. The zero-order valence-electron chi connectivity index (χ0n) is 28.5. The second-order valence-corrected chi connectivity index (χ2v) is 16.8. The molecule has 3 aliphatic rings. The van der Waals surface area contributed by atoms with E-state index < -0.39 is 6.10 Å². The molecule has 0 amide bonds. The summed E-state index contributed by atoms with van der Waals surface area (Å²) in [5.74, 6) is 7.37. The molecular weight excluding hydrogens is 637 g/mol. The molecule has 5 unspecified atom stereocenters. The summed E-state index contributed by atoms with van der Waals surface area (Å²) in [7, 11) is 1.70. The Hall–Kier alpha value is -3.32. The normalized spacial score (nSPS) is 24.7. The molecule has 2 heterocycles. The van der Waals surface area contributed by atoms with E-state index in [0.717, 1.165) is 58.0 Å². The summed E-state index contributed by atoms with van der Waals surface area (Å²) >= 11 is 3.32. The summed E-state index contributed by atoms with van der Waals surface area (Å²) in [4.78, 5) is 23.1. The second kappa shape index (κ2) is 14.7. The van der Waals surface area contributed by atoms with E-state index in [4.69, 9.17) is 5.73 Å². The lowest BCUT2D eigenvalue weighted by Crippen LogP contribution is -2.50. The molecule has 2 spiro atoms. The van der Waals surface area contributed by atoms with Gasteiger partial charge in [-0.2, -0.15) is 0 Å². The van der Waals surface area contributed by atoms with E-state index in [9.17, 15) is 15.0 Å². The van der Waals surface area contributed by atoms with E-state index in [1.54, 1.807) is 42.7 Å². The summed E-state index contributed by atoms with van der Waals surface area (Å²) in [6, 6.07) is 13.9. The second-order valence-electron chi connectivity index (χ2n) is 14.6. The molecule has 2 aromatic heterocycles. The minimum absolute atomic E-state index is 0.000699. The van der Waals surface area contributed by atoms with Crippen LogP contribution in [0.2, 0.25) is 0 Å². The fraction of sp³-hybridized carbons (Fsp3) is 0.538. The van der Waals surface area contributed by atoms with Crippen molar-refractivity contribution in [1.29, 1.82) is 0 Å². The van der Waals surface area contributed by atoms with E-state index in [2.05, 4.69) is 51.7 Å². The van der Waals surface area contributed by atoms with Gasteiger partial charge in [0.05, 0.1) is 15.9 Å². The molecule has 3 aliphatic carbocycles. The maximum atomic E-state index is 14.6. The van der Waals surface area contributed by atoms with Crippen LogP contribution in [0.25, 0.3) is 9.75 Å². The molecular formula is C39H50N4O3S2. The number of aromatic hydroxyl groups is 1. The minimum atomic E-state index is -0.501. The summed E-state index contributed by atoms with van der Waals surface area (Å²) in [6.07, 6.45) is 11.6. The smallest absolute Gasteiger partial charge is 0.188 e. The first-order chi connectivity index (χ1) is 23.1. The highest BCUT2D eigenvalue weighted by atomic mass is 32.1. The number of rotatable bonds is 10. The van der Waals surface area contributed by atoms with Crippen LogP contribution in [0.1, 0.15) is 98.2 Å². The van der Waals surface area contributed by atoms with Crippen molar-refractivity contribution in [2.75, 3.05) is 18.9 Å². The van der Waals surface area contributed by atoms with Crippen molar-refractivity contribution in [3.05, 3.63) is 57.8 Å². The Kier molecular flexibility index (Phi) is 10.5. The molecule has 3 saturated carbocycles. The zero-order valence-corrected chi connectivity index (χ0v) is 30.1.